The smallest absolute Gasteiger partial charge is 0.237 e. The summed E-state index contributed by atoms with van der Waals surface area (Å²) in [5.41, 5.74) is 4.88. The van der Waals surface area contributed by atoms with Crippen LogP contribution in [0.2, 0.25) is 0 Å². The molecule has 0 atom stereocenters. The first-order valence-corrected chi connectivity index (χ1v) is 12.9. The lowest BCUT2D eigenvalue weighted by molar-refractivity contribution is -0.115. The van der Waals surface area contributed by atoms with E-state index in [4.69, 9.17) is 19.4 Å². The maximum atomic E-state index is 13.0. The maximum Gasteiger partial charge on any atom is 0.237 e. The van der Waals surface area contributed by atoms with Crippen LogP contribution in [0.1, 0.15) is 23.6 Å². The summed E-state index contributed by atoms with van der Waals surface area (Å²) in [6.07, 6.45) is 0.654. The van der Waals surface area contributed by atoms with Crippen molar-refractivity contribution in [1.29, 1.82) is 0 Å². The molecule has 0 aliphatic carbocycles. The number of carbonyl (C=O) groups is 1. The van der Waals surface area contributed by atoms with Crippen LogP contribution in [0.3, 0.4) is 0 Å². The van der Waals surface area contributed by atoms with Crippen molar-refractivity contribution in [1.82, 2.24) is 9.97 Å². The molecule has 0 unspecified atom stereocenters. The van der Waals surface area contributed by atoms with Crippen LogP contribution in [0, 0.1) is 6.92 Å². The number of aromatic nitrogens is 2. The minimum atomic E-state index is -0.00541. The molecule has 0 radical (unpaired) electrons. The number of para-hydroxylation sites is 1. The molecule has 1 aromatic heterocycles. The van der Waals surface area contributed by atoms with Crippen molar-refractivity contribution in [3.05, 3.63) is 89.5 Å². The van der Waals surface area contributed by atoms with E-state index in [0.29, 0.717) is 24.7 Å². The Hall–Kier alpha value is -3.84. The number of anilines is 1. The first-order valence-electron chi connectivity index (χ1n) is 11.9. The van der Waals surface area contributed by atoms with E-state index >= 15 is 0 Å². The summed E-state index contributed by atoms with van der Waals surface area (Å²) in [7, 11) is 1.79. The molecule has 4 aromatic rings. The van der Waals surface area contributed by atoms with E-state index in [-0.39, 0.29) is 11.7 Å². The molecule has 1 amide bonds. The van der Waals surface area contributed by atoms with Gasteiger partial charge in [-0.25, -0.2) is 4.98 Å². The fourth-order valence-corrected chi connectivity index (χ4v) is 5.00. The average molecular weight is 498 g/mol. The molecule has 0 N–H and O–H groups in total. The van der Waals surface area contributed by atoms with Crippen LogP contribution in [-0.2, 0) is 11.2 Å². The van der Waals surface area contributed by atoms with Gasteiger partial charge in [0.15, 0.2) is 5.82 Å². The van der Waals surface area contributed by atoms with Crippen LogP contribution in [-0.4, -0.2) is 35.3 Å². The zero-order chi connectivity index (χ0) is 25.1. The van der Waals surface area contributed by atoms with Crippen LogP contribution in [0.25, 0.3) is 11.4 Å². The second-order valence-corrected chi connectivity index (χ2v) is 9.52. The van der Waals surface area contributed by atoms with Gasteiger partial charge >= 0.3 is 0 Å². The molecule has 2 heterocycles. The molecule has 3 aromatic carbocycles. The molecule has 0 bridgehead atoms. The van der Waals surface area contributed by atoms with E-state index in [1.165, 1.54) is 17.3 Å². The van der Waals surface area contributed by atoms with Gasteiger partial charge < -0.3 is 14.4 Å². The number of hydrogen-bond donors (Lipinski definition) is 0. The van der Waals surface area contributed by atoms with Gasteiger partial charge in [0, 0.05) is 24.7 Å². The van der Waals surface area contributed by atoms with Gasteiger partial charge in [0.05, 0.1) is 17.9 Å². The summed E-state index contributed by atoms with van der Waals surface area (Å²) in [5.74, 6) is 2.94. The predicted molar refractivity (Wildman–Crippen MR) is 143 cm³/mol. The molecule has 36 heavy (non-hydrogen) atoms. The third-order valence-corrected chi connectivity index (χ3v) is 7.00. The minimum Gasteiger partial charge on any atom is -0.494 e. The molecule has 1 aliphatic heterocycles. The lowest BCUT2D eigenvalue weighted by Crippen LogP contribution is -2.28. The Morgan fingerprint density at radius 2 is 1.83 bits per heavy atom. The van der Waals surface area contributed by atoms with Gasteiger partial charge in [-0.05, 0) is 61.9 Å². The van der Waals surface area contributed by atoms with Gasteiger partial charge in [-0.1, -0.05) is 47.7 Å². The fourth-order valence-electron chi connectivity index (χ4n) is 4.06. The van der Waals surface area contributed by atoms with Crippen molar-refractivity contribution in [3.63, 3.8) is 0 Å². The number of aryl methyl sites for hydroxylation is 1. The van der Waals surface area contributed by atoms with Crippen LogP contribution in [0.4, 0.5) is 5.69 Å². The quantitative estimate of drug-likeness (QED) is 0.194. The number of nitrogens with zero attached hydrogens (tertiary/aromatic N) is 3. The number of benzene rings is 3. The summed E-state index contributed by atoms with van der Waals surface area (Å²) < 4.78 is 11.8. The van der Waals surface area contributed by atoms with E-state index in [1.54, 1.807) is 11.9 Å². The van der Waals surface area contributed by atoms with Gasteiger partial charge in [-0.3, -0.25) is 4.79 Å². The first-order chi connectivity index (χ1) is 17.5. The summed E-state index contributed by atoms with van der Waals surface area (Å²) in [4.78, 5) is 24.3. The summed E-state index contributed by atoms with van der Waals surface area (Å²) in [6.45, 7) is 4.62. The van der Waals surface area contributed by atoms with E-state index in [9.17, 15) is 4.79 Å². The Kier molecular flexibility index (Phi) is 6.91. The number of fused-ring (bicyclic) bond motifs is 2. The van der Waals surface area contributed by atoms with Crippen molar-refractivity contribution >= 4 is 23.4 Å². The third-order valence-electron chi connectivity index (χ3n) is 5.99. The Bertz CT molecular complexity index is 1390. The largest absolute Gasteiger partial charge is 0.494 e. The molecule has 6 nitrogen and oxygen atoms in total. The highest BCUT2D eigenvalue weighted by molar-refractivity contribution is 8.00. The Morgan fingerprint density at radius 3 is 2.58 bits per heavy atom. The number of carbonyl (C=O) groups excluding carboxylic acids is 1. The van der Waals surface area contributed by atoms with Crippen LogP contribution < -0.4 is 14.4 Å². The zero-order valence-electron chi connectivity index (χ0n) is 20.5. The standard InChI is InChI=1S/C29H27N3O3S/c1-4-34-23-13-11-20(12-14-23)27-30-28-24(17-21-16-19(2)10-15-25(21)35-28)29(31-27)36-18-26(33)32(3)22-8-6-5-7-9-22/h5-16H,4,17-18H2,1-3H3. The van der Waals surface area contributed by atoms with Crippen LogP contribution in [0.15, 0.2) is 77.8 Å². The van der Waals surface area contributed by atoms with E-state index in [0.717, 1.165) is 38.9 Å². The van der Waals surface area contributed by atoms with Gasteiger partial charge in [0.1, 0.15) is 16.5 Å². The summed E-state index contributed by atoms with van der Waals surface area (Å²) >= 11 is 1.42. The van der Waals surface area contributed by atoms with Gasteiger partial charge in [0.25, 0.3) is 0 Å². The highest BCUT2D eigenvalue weighted by Crippen LogP contribution is 2.41. The topological polar surface area (TPSA) is 64.5 Å². The molecule has 5 rings (SSSR count). The molecule has 0 fully saturated rings. The second-order valence-electron chi connectivity index (χ2n) is 8.56. The van der Waals surface area contributed by atoms with Crippen molar-refractivity contribution in [3.8, 4) is 28.8 Å². The van der Waals surface area contributed by atoms with E-state index < -0.39 is 0 Å². The molecular formula is C29H27N3O3S. The zero-order valence-corrected chi connectivity index (χ0v) is 21.3. The number of rotatable bonds is 7. The fraction of sp³-hybridized carbons (Fsp3) is 0.207. The SMILES string of the molecule is CCOc1ccc(-c2nc3c(c(SCC(=O)N(C)c4ccccc4)n2)Cc2cc(C)ccc2O3)cc1. The lowest BCUT2D eigenvalue weighted by Gasteiger charge is -2.22. The highest BCUT2D eigenvalue weighted by Gasteiger charge is 2.25. The molecule has 1 aliphatic rings. The third kappa shape index (κ3) is 5.06. The van der Waals surface area contributed by atoms with Gasteiger partial charge in [0.2, 0.25) is 11.8 Å². The Morgan fingerprint density at radius 1 is 1.06 bits per heavy atom. The van der Waals surface area contributed by atoms with Crippen LogP contribution in [0.5, 0.6) is 17.4 Å². The number of thioether (sulfide) groups is 1. The lowest BCUT2D eigenvalue weighted by atomic mass is 10.0. The highest BCUT2D eigenvalue weighted by atomic mass is 32.2. The number of amides is 1. The molecule has 182 valence electrons. The molecule has 0 spiro atoms. The first kappa shape index (κ1) is 23.9. The maximum absolute atomic E-state index is 13.0. The van der Waals surface area contributed by atoms with Crippen molar-refractivity contribution in [2.24, 2.45) is 0 Å². The Balaban J connectivity index is 1.46. The number of ether oxygens (including phenoxy) is 2. The normalized spacial score (nSPS) is 11.8. The Labute approximate surface area is 215 Å². The molecule has 7 heteroatoms. The average Bonchev–Trinajstić information content (AvgIpc) is 2.91. The van der Waals surface area contributed by atoms with Crippen molar-refractivity contribution in [2.75, 3.05) is 24.3 Å². The second kappa shape index (κ2) is 10.4. The van der Waals surface area contributed by atoms with E-state index in [2.05, 4.69) is 13.0 Å². The van der Waals surface area contributed by atoms with Crippen LogP contribution >= 0.6 is 11.8 Å². The molecular weight excluding hydrogens is 470 g/mol. The summed E-state index contributed by atoms with van der Waals surface area (Å²) in [5, 5.41) is 0.755. The monoisotopic (exact) mass is 497 g/mol. The van der Waals surface area contributed by atoms with Crippen molar-refractivity contribution in [2.45, 2.75) is 25.3 Å². The molecule has 0 saturated heterocycles. The van der Waals surface area contributed by atoms with Gasteiger partial charge in [-0.2, -0.15) is 4.98 Å². The molecule has 0 saturated carbocycles. The van der Waals surface area contributed by atoms with E-state index in [1.807, 2.05) is 73.7 Å². The van der Waals surface area contributed by atoms with Gasteiger partial charge in [-0.15, -0.1) is 0 Å². The van der Waals surface area contributed by atoms with Crippen molar-refractivity contribution < 1.29 is 14.3 Å². The summed E-state index contributed by atoms with van der Waals surface area (Å²) in [6, 6.07) is 23.5. The predicted octanol–water partition coefficient (Wildman–Crippen LogP) is 6.30. The number of hydrogen-bond acceptors (Lipinski definition) is 6. The minimum absolute atomic E-state index is 0.00541.